The molecule has 0 radical (unpaired) electrons. The van der Waals surface area contributed by atoms with Crippen molar-refractivity contribution in [1.82, 2.24) is 5.32 Å². The van der Waals surface area contributed by atoms with Gasteiger partial charge in [0.25, 0.3) is 5.91 Å². The van der Waals surface area contributed by atoms with Gasteiger partial charge in [0.15, 0.2) is 0 Å². The van der Waals surface area contributed by atoms with Crippen molar-refractivity contribution in [2.45, 2.75) is 78.0 Å². The van der Waals surface area contributed by atoms with Gasteiger partial charge in [-0.25, -0.2) is 4.79 Å². The molecule has 3 rings (SSSR count). The zero-order valence-corrected chi connectivity index (χ0v) is 18.9. The Morgan fingerprint density at radius 2 is 1.90 bits per heavy atom. The van der Waals surface area contributed by atoms with Crippen LogP contribution in [0.2, 0.25) is 0 Å². The van der Waals surface area contributed by atoms with Crippen LogP contribution in [0.3, 0.4) is 0 Å². The molecule has 0 spiro atoms. The summed E-state index contributed by atoms with van der Waals surface area (Å²) in [5.41, 5.74) is 0.362. The Hall–Kier alpha value is -2.44. The molecule has 0 unspecified atom stereocenters. The van der Waals surface area contributed by atoms with Gasteiger partial charge in [0.1, 0.15) is 29.7 Å². The maximum Gasteiger partial charge on any atom is 0.408 e. The highest BCUT2D eigenvalue weighted by molar-refractivity contribution is 6.00. The summed E-state index contributed by atoms with van der Waals surface area (Å²) in [4.78, 5) is 26.5. The summed E-state index contributed by atoms with van der Waals surface area (Å²) in [6, 6.07) is 4.69. The van der Waals surface area contributed by atoms with E-state index in [2.05, 4.69) is 19.2 Å². The summed E-state index contributed by atoms with van der Waals surface area (Å²) < 4.78 is 17.3. The predicted molar refractivity (Wildman–Crippen MR) is 115 cm³/mol. The van der Waals surface area contributed by atoms with Crippen molar-refractivity contribution in [2.24, 2.45) is 5.41 Å². The van der Waals surface area contributed by atoms with Crippen LogP contribution in [0.5, 0.6) is 11.5 Å². The van der Waals surface area contributed by atoms with Crippen LogP contribution in [0.15, 0.2) is 18.2 Å². The third kappa shape index (κ3) is 5.58. The third-order valence-electron chi connectivity index (χ3n) is 5.61. The van der Waals surface area contributed by atoms with E-state index in [1.165, 1.54) is 4.90 Å². The lowest BCUT2D eigenvalue weighted by molar-refractivity contribution is -0.120. The van der Waals surface area contributed by atoms with Crippen molar-refractivity contribution in [3.05, 3.63) is 18.2 Å². The SMILES string of the molecule is CN1C(=O)[C@@H](NC(=O)OC(C)(C)C)COc2ccc(OC3CCC(C)(C)CC3)cc21. The van der Waals surface area contributed by atoms with Crippen LogP contribution in [0.1, 0.15) is 60.3 Å². The highest BCUT2D eigenvalue weighted by atomic mass is 16.6. The summed E-state index contributed by atoms with van der Waals surface area (Å²) in [7, 11) is 1.67. The minimum absolute atomic E-state index is 0.0350. The fraction of sp³-hybridized carbons (Fsp3) is 0.652. The van der Waals surface area contributed by atoms with Crippen LogP contribution in [0.25, 0.3) is 0 Å². The number of fused-ring (bicyclic) bond motifs is 1. The molecule has 166 valence electrons. The molecule has 7 heteroatoms. The van der Waals surface area contributed by atoms with E-state index in [-0.39, 0.29) is 18.6 Å². The van der Waals surface area contributed by atoms with Crippen LogP contribution in [-0.4, -0.2) is 43.4 Å². The molecule has 30 heavy (non-hydrogen) atoms. The number of likely N-dealkylation sites (N-methyl/N-ethyl adjacent to an activating group) is 1. The molecule has 1 aromatic rings. The third-order valence-corrected chi connectivity index (χ3v) is 5.61. The Labute approximate surface area is 179 Å². The van der Waals surface area contributed by atoms with Crippen molar-refractivity contribution >= 4 is 17.7 Å². The number of anilines is 1. The quantitative estimate of drug-likeness (QED) is 0.793. The second-order valence-corrected chi connectivity index (χ2v) is 10.0. The van der Waals surface area contributed by atoms with Crippen molar-refractivity contribution in [3.63, 3.8) is 0 Å². The number of carbonyl (C=O) groups excluding carboxylic acids is 2. The number of nitrogens with zero attached hydrogens (tertiary/aromatic N) is 1. The Morgan fingerprint density at radius 3 is 2.53 bits per heavy atom. The van der Waals surface area contributed by atoms with E-state index in [9.17, 15) is 9.59 Å². The first-order chi connectivity index (χ1) is 13.9. The van der Waals surface area contributed by atoms with E-state index in [0.29, 0.717) is 16.9 Å². The Kier molecular flexibility index (Phi) is 6.20. The second-order valence-electron chi connectivity index (χ2n) is 10.0. The topological polar surface area (TPSA) is 77.1 Å². The lowest BCUT2D eigenvalue weighted by Gasteiger charge is -2.34. The number of hydrogen-bond donors (Lipinski definition) is 1. The standard InChI is InChI=1S/C23H34N2O5/c1-22(2,3)30-21(27)24-17-14-28-19-8-7-16(13-18(19)25(6)20(17)26)29-15-9-11-23(4,5)12-10-15/h7-8,13,15,17H,9-12,14H2,1-6H3,(H,24,27)/t17-/m0/s1. The molecule has 1 aliphatic heterocycles. The predicted octanol–water partition coefficient (Wildman–Crippen LogP) is 4.28. The molecular formula is C23H34N2O5. The van der Waals surface area contributed by atoms with Gasteiger partial charge in [-0.05, 0) is 64.0 Å². The summed E-state index contributed by atoms with van der Waals surface area (Å²) in [6.45, 7) is 9.95. The number of alkyl carbamates (subject to hydrolysis) is 1. The average Bonchev–Trinajstić information content (AvgIpc) is 2.74. The molecule has 1 N–H and O–H groups in total. The number of rotatable bonds is 3. The normalized spacial score (nSPS) is 21.9. The molecule has 0 saturated heterocycles. The molecule has 0 bridgehead atoms. The molecule has 1 fully saturated rings. The highest BCUT2D eigenvalue weighted by Gasteiger charge is 2.33. The lowest BCUT2D eigenvalue weighted by Crippen LogP contribution is -2.50. The Balaban J connectivity index is 1.68. The van der Waals surface area contributed by atoms with Crippen molar-refractivity contribution in [1.29, 1.82) is 0 Å². The van der Waals surface area contributed by atoms with E-state index >= 15 is 0 Å². The maximum atomic E-state index is 12.9. The molecule has 0 aromatic heterocycles. The molecule has 2 amide bonds. The smallest absolute Gasteiger partial charge is 0.408 e. The first-order valence-electron chi connectivity index (χ1n) is 10.6. The first-order valence-corrected chi connectivity index (χ1v) is 10.6. The molecule has 1 aromatic carbocycles. The molecular weight excluding hydrogens is 384 g/mol. The Bertz CT molecular complexity index is 789. The Morgan fingerprint density at radius 1 is 1.23 bits per heavy atom. The number of hydrogen-bond acceptors (Lipinski definition) is 5. The van der Waals surface area contributed by atoms with Crippen LogP contribution in [-0.2, 0) is 9.53 Å². The molecule has 1 heterocycles. The summed E-state index contributed by atoms with van der Waals surface area (Å²) >= 11 is 0. The van der Waals surface area contributed by atoms with Gasteiger partial charge < -0.3 is 24.4 Å². The van der Waals surface area contributed by atoms with Crippen molar-refractivity contribution in [3.8, 4) is 11.5 Å². The van der Waals surface area contributed by atoms with Gasteiger partial charge in [-0.2, -0.15) is 0 Å². The fourth-order valence-corrected chi connectivity index (χ4v) is 3.79. The zero-order valence-electron chi connectivity index (χ0n) is 18.9. The average molecular weight is 419 g/mol. The summed E-state index contributed by atoms with van der Waals surface area (Å²) in [5.74, 6) is 1.04. The van der Waals surface area contributed by atoms with E-state index < -0.39 is 17.7 Å². The molecule has 2 aliphatic rings. The van der Waals surface area contributed by atoms with Crippen LogP contribution >= 0.6 is 0 Å². The molecule has 1 atom stereocenters. The summed E-state index contributed by atoms with van der Waals surface area (Å²) in [6.07, 6.45) is 3.87. The van der Waals surface area contributed by atoms with E-state index in [1.54, 1.807) is 27.8 Å². The number of carbonyl (C=O) groups is 2. The van der Waals surface area contributed by atoms with Gasteiger partial charge in [-0.3, -0.25) is 4.79 Å². The van der Waals surface area contributed by atoms with Crippen LogP contribution in [0.4, 0.5) is 10.5 Å². The van der Waals surface area contributed by atoms with E-state index in [0.717, 1.165) is 31.4 Å². The van der Waals surface area contributed by atoms with Crippen LogP contribution in [0, 0.1) is 5.41 Å². The molecule has 7 nitrogen and oxygen atoms in total. The monoisotopic (exact) mass is 418 g/mol. The molecule has 1 saturated carbocycles. The minimum Gasteiger partial charge on any atom is -0.490 e. The van der Waals surface area contributed by atoms with Gasteiger partial charge in [0.05, 0.1) is 11.8 Å². The van der Waals surface area contributed by atoms with Gasteiger partial charge in [-0.15, -0.1) is 0 Å². The zero-order chi connectivity index (χ0) is 22.1. The highest BCUT2D eigenvalue weighted by Crippen LogP contribution is 2.38. The van der Waals surface area contributed by atoms with E-state index in [1.807, 2.05) is 18.2 Å². The van der Waals surface area contributed by atoms with Gasteiger partial charge in [0, 0.05) is 13.1 Å². The number of amides is 2. The number of nitrogens with one attached hydrogen (secondary N) is 1. The lowest BCUT2D eigenvalue weighted by atomic mass is 9.76. The first kappa shape index (κ1) is 22.2. The van der Waals surface area contributed by atoms with Crippen LogP contribution < -0.4 is 19.7 Å². The fourth-order valence-electron chi connectivity index (χ4n) is 3.79. The minimum atomic E-state index is -0.831. The van der Waals surface area contributed by atoms with Gasteiger partial charge in [-0.1, -0.05) is 13.8 Å². The summed E-state index contributed by atoms with van der Waals surface area (Å²) in [5, 5.41) is 2.61. The number of benzene rings is 1. The van der Waals surface area contributed by atoms with Crippen molar-refractivity contribution < 1.29 is 23.8 Å². The van der Waals surface area contributed by atoms with Gasteiger partial charge >= 0.3 is 6.09 Å². The number of ether oxygens (including phenoxy) is 3. The molecule has 1 aliphatic carbocycles. The van der Waals surface area contributed by atoms with Gasteiger partial charge in [0.2, 0.25) is 0 Å². The second kappa shape index (κ2) is 8.36. The largest absolute Gasteiger partial charge is 0.490 e. The van der Waals surface area contributed by atoms with E-state index in [4.69, 9.17) is 14.2 Å². The maximum absolute atomic E-state index is 12.9. The van der Waals surface area contributed by atoms with Crippen molar-refractivity contribution in [2.75, 3.05) is 18.6 Å².